The van der Waals surface area contributed by atoms with Crippen molar-refractivity contribution < 1.29 is 0 Å². The third kappa shape index (κ3) is 2.31. The Bertz CT molecular complexity index is 504. The maximum atomic E-state index is 5.87. The molecule has 2 rings (SSSR count). The molecule has 82 valence electrons. The van der Waals surface area contributed by atoms with E-state index in [1.165, 1.54) is 11.8 Å². The molecule has 0 radical (unpaired) electrons. The van der Waals surface area contributed by atoms with Crippen molar-refractivity contribution in [1.82, 2.24) is 20.2 Å². The van der Waals surface area contributed by atoms with Gasteiger partial charge in [0.1, 0.15) is 5.03 Å². The minimum atomic E-state index is 0.441. The van der Waals surface area contributed by atoms with Gasteiger partial charge in [0.25, 0.3) is 0 Å². The Morgan fingerprint density at radius 1 is 1.06 bits per heavy atom. The second kappa shape index (κ2) is 4.76. The lowest BCUT2D eigenvalue weighted by atomic mass is 10.2. The lowest BCUT2D eigenvalue weighted by Gasteiger charge is -2.05. The molecule has 0 aliphatic rings. The standard InChI is InChI=1S/C10H9ClN4S/c1-6-7(2)9(15-14-8(6)11)16-10-12-4-3-5-13-10/h3-5H,1-2H3. The lowest BCUT2D eigenvalue weighted by molar-refractivity contribution is 0.881. The zero-order valence-electron chi connectivity index (χ0n) is 8.81. The number of aromatic nitrogens is 4. The van der Waals surface area contributed by atoms with E-state index in [4.69, 9.17) is 11.6 Å². The maximum absolute atomic E-state index is 5.87. The molecule has 0 aliphatic heterocycles. The van der Waals surface area contributed by atoms with Gasteiger partial charge < -0.3 is 0 Å². The predicted octanol–water partition coefficient (Wildman–Crippen LogP) is 2.69. The third-order valence-electron chi connectivity index (χ3n) is 2.15. The molecule has 0 aromatic carbocycles. The van der Waals surface area contributed by atoms with Crippen LogP contribution < -0.4 is 0 Å². The van der Waals surface area contributed by atoms with Crippen LogP contribution >= 0.6 is 23.4 Å². The summed E-state index contributed by atoms with van der Waals surface area (Å²) in [6.07, 6.45) is 3.39. The van der Waals surface area contributed by atoms with Crippen molar-refractivity contribution >= 4 is 23.4 Å². The van der Waals surface area contributed by atoms with Gasteiger partial charge in [0.05, 0.1) is 0 Å². The smallest absolute Gasteiger partial charge is 0.193 e. The van der Waals surface area contributed by atoms with Gasteiger partial charge in [-0.25, -0.2) is 9.97 Å². The van der Waals surface area contributed by atoms with Gasteiger partial charge in [-0.1, -0.05) is 11.6 Å². The Labute approximate surface area is 102 Å². The molecule has 0 N–H and O–H groups in total. The Morgan fingerprint density at radius 2 is 1.75 bits per heavy atom. The van der Waals surface area contributed by atoms with Crippen LogP contribution in [0.4, 0.5) is 0 Å². The molecule has 2 aromatic rings. The largest absolute Gasteiger partial charge is 0.231 e. The second-order valence-corrected chi connectivity index (χ2v) is 4.49. The minimum absolute atomic E-state index is 0.441. The van der Waals surface area contributed by atoms with Crippen molar-refractivity contribution in [2.45, 2.75) is 24.0 Å². The highest BCUT2D eigenvalue weighted by molar-refractivity contribution is 7.99. The first-order valence-corrected chi connectivity index (χ1v) is 5.82. The number of rotatable bonds is 2. The molecule has 0 saturated carbocycles. The molecular weight excluding hydrogens is 244 g/mol. The summed E-state index contributed by atoms with van der Waals surface area (Å²) in [6.45, 7) is 3.88. The number of hydrogen-bond donors (Lipinski definition) is 0. The molecule has 0 saturated heterocycles. The van der Waals surface area contributed by atoms with Crippen molar-refractivity contribution in [2.75, 3.05) is 0 Å². The average molecular weight is 253 g/mol. The summed E-state index contributed by atoms with van der Waals surface area (Å²) >= 11 is 7.26. The van der Waals surface area contributed by atoms with E-state index < -0.39 is 0 Å². The third-order valence-corrected chi connectivity index (χ3v) is 3.49. The minimum Gasteiger partial charge on any atom is -0.231 e. The van der Waals surface area contributed by atoms with E-state index in [0.717, 1.165) is 16.2 Å². The number of halogens is 1. The van der Waals surface area contributed by atoms with E-state index in [1.54, 1.807) is 18.5 Å². The highest BCUT2D eigenvalue weighted by Gasteiger charge is 2.10. The summed E-state index contributed by atoms with van der Waals surface area (Å²) in [6, 6.07) is 1.77. The van der Waals surface area contributed by atoms with Crippen molar-refractivity contribution in [3.63, 3.8) is 0 Å². The van der Waals surface area contributed by atoms with Crippen LogP contribution in [0.3, 0.4) is 0 Å². The zero-order chi connectivity index (χ0) is 11.5. The van der Waals surface area contributed by atoms with Gasteiger partial charge in [0, 0.05) is 12.4 Å². The van der Waals surface area contributed by atoms with E-state index in [2.05, 4.69) is 20.2 Å². The van der Waals surface area contributed by atoms with Crippen molar-refractivity contribution in [3.05, 3.63) is 34.7 Å². The highest BCUT2D eigenvalue weighted by atomic mass is 35.5. The molecule has 4 nitrogen and oxygen atoms in total. The van der Waals surface area contributed by atoms with Crippen LogP contribution in [0, 0.1) is 13.8 Å². The normalized spacial score (nSPS) is 10.4. The van der Waals surface area contributed by atoms with E-state index in [-0.39, 0.29) is 0 Å². The summed E-state index contributed by atoms with van der Waals surface area (Å²) in [4.78, 5) is 8.24. The van der Waals surface area contributed by atoms with Gasteiger partial charge >= 0.3 is 0 Å². The topological polar surface area (TPSA) is 51.6 Å². The molecule has 2 heterocycles. The predicted molar refractivity (Wildman–Crippen MR) is 62.7 cm³/mol. The summed E-state index contributed by atoms with van der Waals surface area (Å²) in [5, 5.41) is 9.79. The Morgan fingerprint density at radius 3 is 2.44 bits per heavy atom. The lowest BCUT2D eigenvalue weighted by Crippen LogP contribution is -1.96. The molecule has 0 unspecified atom stereocenters. The molecular formula is C10H9ClN4S. The summed E-state index contributed by atoms with van der Waals surface area (Å²) in [5.74, 6) is 0. The van der Waals surface area contributed by atoms with Gasteiger partial charge in [0.15, 0.2) is 10.3 Å². The van der Waals surface area contributed by atoms with E-state index in [9.17, 15) is 0 Å². The fourth-order valence-corrected chi connectivity index (χ4v) is 2.04. The monoisotopic (exact) mass is 252 g/mol. The molecule has 0 spiro atoms. The van der Waals surface area contributed by atoms with E-state index in [0.29, 0.717) is 10.3 Å². The Hall–Kier alpha value is -1.20. The molecule has 0 aliphatic carbocycles. The van der Waals surface area contributed by atoms with Crippen LogP contribution in [-0.2, 0) is 0 Å². The highest BCUT2D eigenvalue weighted by Crippen LogP contribution is 2.28. The van der Waals surface area contributed by atoms with Crippen molar-refractivity contribution in [2.24, 2.45) is 0 Å². The molecule has 2 aromatic heterocycles. The van der Waals surface area contributed by atoms with Crippen LogP contribution in [-0.4, -0.2) is 20.2 Å². The van der Waals surface area contributed by atoms with Crippen molar-refractivity contribution in [3.8, 4) is 0 Å². The quantitative estimate of drug-likeness (QED) is 0.769. The first-order chi connectivity index (χ1) is 7.68. The average Bonchev–Trinajstić information content (AvgIpc) is 2.31. The molecule has 0 bridgehead atoms. The molecule has 16 heavy (non-hydrogen) atoms. The van der Waals surface area contributed by atoms with Crippen LogP contribution in [0.1, 0.15) is 11.1 Å². The Balaban J connectivity index is 2.33. The molecule has 0 fully saturated rings. The van der Waals surface area contributed by atoms with Crippen molar-refractivity contribution in [1.29, 1.82) is 0 Å². The fraction of sp³-hybridized carbons (Fsp3) is 0.200. The molecule has 0 atom stereocenters. The van der Waals surface area contributed by atoms with Gasteiger partial charge in [-0.2, -0.15) is 0 Å². The molecule has 0 amide bonds. The number of nitrogens with zero attached hydrogens (tertiary/aromatic N) is 4. The maximum Gasteiger partial charge on any atom is 0.193 e. The first-order valence-electron chi connectivity index (χ1n) is 4.62. The van der Waals surface area contributed by atoms with Gasteiger partial charge in [-0.3, -0.25) is 0 Å². The second-order valence-electron chi connectivity index (χ2n) is 3.18. The van der Waals surface area contributed by atoms with E-state index in [1.807, 2.05) is 13.8 Å². The summed E-state index contributed by atoms with van der Waals surface area (Å²) < 4.78 is 0. The zero-order valence-corrected chi connectivity index (χ0v) is 10.4. The van der Waals surface area contributed by atoms with Crippen LogP contribution in [0.2, 0.25) is 5.15 Å². The Kier molecular flexibility index (Phi) is 3.36. The molecule has 6 heteroatoms. The van der Waals surface area contributed by atoms with Gasteiger partial charge in [-0.05, 0) is 42.8 Å². The fourth-order valence-electron chi connectivity index (χ4n) is 1.08. The summed E-state index contributed by atoms with van der Waals surface area (Å²) in [5.41, 5.74) is 1.95. The van der Waals surface area contributed by atoms with Crippen LogP contribution in [0.5, 0.6) is 0 Å². The first kappa shape index (κ1) is 11.3. The van der Waals surface area contributed by atoms with E-state index >= 15 is 0 Å². The summed E-state index contributed by atoms with van der Waals surface area (Å²) in [7, 11) is 0. The van der Waals surface area contributed by atoms with Gasteiger partial charge in [-0.15, -0.1) is 10.2 Å². The van der Waals surface area contributed by atoms with Crippen LogP contribution in [0.15, 0.2) is 28.6 Å². The SMILES string of the molecule is Cc1c(Cl)nnc(Sc2ncccn2)c1C. The van der Waals surface area contributed by atoms with Gasteiger partial charge in [0.2, 0.25) is 0 Å². The van der Waals surface area contributed by atoms with Crippen LogP contribution in [0.25, 0.3) is 0 Å². The number of hydrogen-bond acceptors (Lipinski definition) is 5.